The van der Waals surface area contributed by atoms with Crippen LogP contribution in [0.3, 0.4) is 0 Å². The third-order valence-corrected chi connectivity index (χ3v) is 5.05. The van der Waals surface area contributed by atoms with Gasteiger partial charge in [0.2, 0.25) is 0 Å². The molecule has 1 saturated heterocycles. The smallest absolute Gasteiger partial charge is 0.263 e. The molecule has 9 nitrogen and oxygen atoms in total. The lowest BCUT2D eigenvalue weighted by atomic mass is 10.2. The molecule has 0 spiro atoms. The van der Waals surface area contributed by atoms with Gasteiger partial charge in [0.15, 0.2) is 5.82 Å². The third-order valence-electron chi connectivity index (χ3n) is 5.05. The molecule has 0 saturated carbocycles. The topological polar surface area (TPSA) is 89.3 Å². The van der Waals surface area contributed by atoms with Gasteiger partial charge in [0.05, 0.1) is 18.8 Å². The SMILES string of the molecule is Cc1noc(C)c1-c1nc(CN2CCCN(Cc3nccn3C)CC2)no1. The van der Waals surface area contributed by atoms with Crippen LogP contribution in [0.4, 0.5) is 0 Å². The van der Waals surface area contributed by atoms with Gasteiger partial charge < -0.3 is 13.6 Å². The van der Waals surface area contributed by atoms with Crippen LogP contribution in [0.5, 0.6) is 0 Å². The molecule has 27 heavy (non-hydrogen) atoms. The largest absolute Gasteiger partial charge is 0.361 e. The highest BCUT2D eigenvalue weighted by molar-refractivity contribution is 5.57. The number of hydrogen-bond donors (Lipinski definition) is 0. The van der Waals surface area contributed by atoms with E-state index >= 15 is 0 Å². The molecule has 4 rings (SSSR count). The second-order valence-corrected chi connectivity index (χ2v) is 7.08. The van der Waals surface area contributed by atoms with E-state index in [-0.39, 0.29) is 0 Å². The van der Waals surface area contributed by atoms with Crippen molar-refractivity contribution >= 4 is 0 Å². The lowest BCUT2D eigenvalue weighted by Gasteiger charge is -2.20. The van der Waals surface area contributed by atoms with Crippen LogP contribution in [0.25, 0.3) is 11.5 Å². The Bertz CT molecular complexity index is 878. The Hall–Kier alpha value is -2.52. The highest BCUT2D eigenvalue weighted by Crippen LogP contribution is 2.25. The maximum Gasteiger partial charge on any atom is 0.263 e. The molecule has 3 aromatic heterocycles. The van der Waals surface area contributed by atoms with E-state index in [2.05, 4.69) is 34.6 Å². The monoisotopic (exact) mass is 371 g/mol. The highest BCUT2D eigenvalue weighted by Gasteiger charge is 2.21. The average Bonchev–Trinajstić information content (AvgIpc) is 3.29. The summed E-state index contributed by atoms with van der Waals surface area (Å²) in [5.41, 5.74) is 1.56. The Morgan fingerprint density at radius 1 is 1.00 bits per heavy atom. The molecule has 4 heterocycles. The van der Waals surface area contributed by atoms with Crippen LogP contribution in [0.1, 0.15) is 29.5 Å². The van der Waals surface area contributed by atoms with E-state index in [0.717, 1.165) is 56.2 Å². The summed E-state index contributed by atoms with van der Waals surface area (Å²) in [5.74, 6) is 2.98. The van der Waals surface area contributed by atoms with E-state index in [4.69, 9.17) is 9.05 Å². The first-order valence-electron chi connectivity index (χ1n) is 9.27. The minimum Gasteiger partial charge on any atom is -0.361 e. The minimum absolute atomic E-state index is 0.479. The summed E-state index contributed by atoms with van der Waals surface area (Å²) in [7, 11) is 2.04. The molecule has 0 radical (unpaired) electrons. The van der Waals surface area contributed by atoms with Crippen LogP contribution < -0.4 is 0 Å². The number of aromatic nitrogens is 5. The van der Waals surface area contributed by atoms with Crippen molar-refractivity contribution in [3.05, 3.63) is 35.5 Å². The van der Waals surface area contributed by atoms with E-state index < -0.39 is 0 Å². The Kier molecular flexibility index (Phi) is 5.04. The molecule has 1 aliphatic rings. The Morgan fingerprint density at radius 2 is 1.78 bits per heavy atom. The zero-order valence-electron chi connectivity index (χ0n) is 16.1. The first kappa shape index (κ1) is 17.9. The summed E-state index contributed by atoms with van der Waals surface area (Å²) in [4.78, 5) is 13.8. The van der Waals surface area contributed by atoms with E-state index in [1.54, 1.807) is 0 Å². The van der Waals surface area contributed by atoms with Gasteiger partial charge in [-0.2, -0.15) is 4.98 Å². The number of imidazole rings is 1. The van der Waals surface area contributed by atoms with Crippen molar-refractivity contribution in [2.24, 2.45) is 7.05 Å². The van der Waals surface area contributed by atoms with Crippen molar-refractivity contribution in [2.45, 2.75) is 33.4 Å². The van der Waals surface area contributed by atoms with Crippen LogP contribution in [0.15, 0.2) is 21.4 Å². The second-order valence-electron chi connectivity index (χ2n) is 7.08. The maximum atomic E-state index is 5.44. The third kappa shape index (κ3) is 3.93. The van der Waals surface area contributed by atoms with Gasteiger partial charge in [-0.15, -0.1) is 0 Å². The maximum absolute atomic E-state index is 5.44. The standard InChI is InChI=1S/C18H25N7O2/c1-13-17(14(2)26-21-13)18-20-15(22-27-18)11-24-6-4-7-25(10-9-24)12-16-19-5-8-23(16)3/h5,8H,4,6-7,9-12H2,1-3H3. The van der Waals surface area contributed by atoms with Gasteiger partial charge in [0, 0.05) is 32.5 Å². The molecular weight excluding hydrogens is 346 g/mol. The van der Waals surface area contributed by atoms with Gasteiger partial charge in [-0.05, 0) is 33.4 Å². The molecule has 1 fully saturated rings. The Labute approximate surface area is 157 Å². The fraction of sp³-hybridized carbons (Fsp3) is 0.556. The van der Waals surface area contributed by atoms with Crippen LogP contribution in [0.2, 0.25) is 0 Å². The number of rotatable bonds is 5. The molecule has 0 aliphatic carbocycles. The van der Waals surface area contributed by atoms with E-state index in [1.807, 2.05) is 33.3 Å². The number of aryl methyl sites for hydroxylation is 3. The van der Waals surface area contributed by atoms with Crippen molar-refractivity contribution in [1.29, 1.82) is 0 Å². The number of nitrogens with zero attached hydrogens (tertiary/aromatic N) is 7. The average molecular weight is 371 g/mol. The molecule has 9 heteroatoms. The van der Waals surface area contributed by atoms with Crippen LogP contribution >= 0.6 is 0 Å². The minimum atomic E-state index is 0.479. The van der Waals surface area contributed by atoms with Gasteiger partial charge >= 0.3 is 0 Å². The van der Waals surface area contributed by atoms with Crippen LogP contribution in [-0.4, -0.2) is 60.8 Å². The summed E-state index contributed by atoms with van der Waals surface area (Å²) < 4.78 is 12.7. The first-order chi connectivity index (χ1) is 13.1. The molecule has 0 atom stereocenters. The Balaban J connectivity index is 1.36. The van der Waals surface area contributed by atoms with E-state index in [1.165, 1.54) is 0 Å². The normalized spacial score (nSPS) is 16.7. The quantitative estimate of drug-likeness (QED) is 0.670. The summed E-state index contributed by atoms with van der Waals surface area (Å²) in [6.45, 7) is 9.36. The van der Waals surface area contributed by atoms with E-state index in [9.17, 15) is 0 Å². The zero-order valence-corrected chi connectivity index (χ0v) is 16.1. The molecular formula is C18H25N7O2. The van der Waals surface area contributed by atoms with Crippen molar-refractivity contribution in [2.75, 3.05) is 26.2 Å². The van der Waals surface area contributed by atoms with Crippen molar-refractivity contribution < 1.29 is 9.05 Å². The van der Waals surface area contributed by atoms with E-state index in [0.29, 0.717) is 24.0 Å². The molecule has 0 aromatic carbocycles. The molecule has 144 valence electrons. The molecule has 0 bridgehead atoms. The summed E-state index contributed by atoms with van der Waals surface area (Å²) in [6, 6.07) is 0. The van der Waals surface area contributed by atoms with Gasteiger partial charge in [-0.1, -0.05) is 10.3 Å². The van der Waals surface area contributed by atoms with Gasteiger partial charge in [-0.25, -0.2) is 4.98 Å². The predicted octanol–water partition coefficient (Wildman–Crippen LogP) is 1.78. The lowest BCUT2D eigenvalue weighted by Crippen LogP contribution is -2.31. The summed E-state index contributed by atoms with van der Waals surface area (Å²) in [5, 5.41) is 8.10. The molecule has 0 amide bonds. The fourth-order valence-electron chi connectivity index (χ4n) is 3.50. The second kappa shape index (κ2) is 7.61. The van der Waals surface area contributed by atoms with Crippen molar-refractivity contribution in [3.8, 4) is 11.5 Å². The first-order valence-corrected chi connectivity index (χ1v) is 9.27. The van der Waals surface area contributed by atoms with Gasteiger partial charge in [0.1, 0.15) is 17.1 Å². The molecule has 0 N–H and O–H groups in total. The molecule has 0 unspecified atom stereocenters. The van der Waals surface area contributed by atoms with Crippen molar-refractivity contribution in [1.82, 2.24) is 34.6 Å². The molecule has 1 aliphatic heterocycles. The fourth-order valence-corrected chi connectivity index (χ4v) is 3.50. The van der Waals surface area contributed by atoms with Crippen LogP contribution in [-0.2, 0) is 20.1 Å². The van der Waals surface area contributed by atoms with Crippen molar-refractivity contribution in [3.63, 3.8) is 0 Å². The van der Waals surface area contributed by atoms with Gasteiger partial charge in [0.25, 0.3) is 5.89 Å². The molecule has 3 aromatic rings. The summed E-state index contributed by atoms with van der Waals surface area (Å²) in [6.07, 6.45) is 4.96. The zero-order chi connectivity index (χ0) is 18.8. The van der Waals surface area contributed by atoms with Gasteiger partial charge in [-0.3, -0.25) is 9.80 Å². The number of hydrogen-bond acceptors (Lipinski definition) is 8. The Morgan fingerprint density at radius 3 is 2.44 bits per heavy atom. The predicted molar refractivity (Wildman–Crippen MR) is 97.6 cm³/mol. The summed E-state index contributed by atoms with van der Waals surface area (Å²) >= 11 is 0. The highest BCUT2D eigenvalue weighted by atomic mass is 16.5. The van der Waals surface area contributed by atoms with Crippen LogP contribution in [0, 0.1) is 13.8 Å². The lowest BCUT2D eigenvalue weighted by molar-refractivity contribution is 0.237.